The molecule has 3 N–H and O–H groups in total. The van der Waals surface area contributed by atoms with Crippen molar-refractivity contribution in [2.24, 2.45) is 12.5 Å². The van der Waals surface area contributed by atoms with Crippen molar-refractivity contribution >= 4 is 38.6 Å². The van der Waals surface area contributed by atoms with Crippen LogP contribution in [0.15, 0.2) is 60.8 Å². The van der Waals surface area contributed by atoms with Crippen LogP contribution in [0.3, 0.4) is 0 Å². The normalized spacial score (nSPS) is 27.0. The summed E-state index contributed by atoms with van der Waals surface area (Å²) in [5, 5.41) is 11.9. The molecule has 3 aromatic rings. The number of carbonyl (C=O) groups excluding carboxylic acids is 3. The van der Waals surface area contributed by atoms with Gasteiger partial charge in [0, 0.05) is 42.9 Å². The molecular formula is C30H31N5O4Si. The second-order valence-corrected chi connectivity index (χ2v) is 13.5. The summed E-state index contributed by atoms with van der Waals surface area (Å²) in [5.41, 5.74) is 3.04. The van der Waals surface area contributed by atoms with Gasteiger partial charge in [0.15, 0.2) is 0 Å². The van der Waals surface area contributed by atoms with Gasteiger partial charge in [-0.25, -0.2) is 0 Å². The van der Waals surface area contributed by atoms with Gasteiger partial charge >= 0.3 is 0 Å². The largest absolute Gasteiger partial charge is 0.381 e. The van der Waals surface area contributed by atoms with Crippen LogP contribution in [0.25, 0.3) is 0 Å². The second kappa shape index (κ2) is 8.62. The Labute approximate surface area is 234 Å². The number of anilines is 2. The third kappa shape index (κ3) is 3.42. The first-order valence-corrected chi connectivity index (χ1v) is 14.8. The molecule has 2 aromatic carbocycles. The van der Waals surface area contributed by atoms with E-state index in [9.17, 15) is 14.4 Å². The van der Waals surface area contributed by atoms with E-state index in [0.717, 1.165) is 29.7 Å². The van der Waals surface area contributed by atoms with Crippen LogP contribution in [-0.4, -0.2) is 55.4 Å². The van der Waals surface area contributed by atoms with Gasteiger partial charge in [-0.05, 0) is 60.4 Å². The summed E-state index contributed by atoms with van der Waals surface area (Å²) in [7, 11) is 1.88. The highest BCUT2D eigenvalue weighted by atomic mass is 28.2. The van der Waals surface area contributed by atoms with Crippen LogP contribution in [0.2, 0.25) is 0 Å². The maximum Gasteiger partial charge on any atom is 0.270 e. The number of ether oxygens (including phenoxy) is 1. The third-order valence-electron chi connectivity index (χ3n) is 9.50. The monoisotopic (exact) mass is 553 g/mol. The van der Waals surface area contributed by atoms with E-state index in [1.807, 2.05) is 36.4 Å². The summed E-state index contributed by atoms with van der Waals surface area (Å²) in [6, 6.07) is 17.4. The quantitative estimate of drug-likeness (QED) is 0.406. The molecule has 3 amide bonds. The summed E-state index contributed by atoms with van der Waals surface area (Å²) in [6.45, 7) is 3.31. The van der Waals surface area contributed by atoms with E-state index in [4.69, 9.17) is 4.74 Å². The highest BCUT2D eigenvalue weighted by Crippen LogP contribution is 2.70. The standard InChI is InChI=1S/C30H31N5O4Si/c1-27(11-12-27)29(19-6-4-3-5-7-19)30(40-29,34-24(36)23-10-15-31-35(23)2)26(38)32-20-8-9-21-22(18-20)33-25(37)28(21)13-16-39-17-14-28/h3-10,15,18H,11-14,16-17H2,1-2H3,(H,32,38)(H,33,37)(H,34,36)/t29-,30-/m1/s1. The Morgan fingerprint density at radius 1 is 1.05 bits per heavy atom. The predicted octanol–water partition coefficient (Wildman–Crippen LogP) is 2.90. The van der Waals surface area contributed by atoms with Crippen molar-refractivity contribution in [3.05, 3.63) is 77.6 Å². The molecule has 2 atom stereocenters. The van der Waals surface area contributed by atoms with Gasteiger partial charge in [-0.15, -0.1) is 0 Å². The fourth-order valence-corrected chi connectivity index (χ4v) is 9.27. The van der Waals surface area contributed by atoms with Gasteiger partial charge in [0.1, 0.15) is 20.4 Å². The van der Waals surface area contributed by atoms with Crippen LogP contribution in [0.5, 0.6) is 0 Å². The average Bonchev–Trinajstić information content (AvgIpc) is 3.80. The SMILES string of the molecule is Cn1nccc1C(=O)N[C@]1(C(=O)Nc2ccc3c(c2)NC(=O)C32CCOCC2)[Si][C@]1(c1ccccc1)C1(C)CC1. The van der Waals surface area contributed by atoms with Crippen molar-refractivity contribution in [3.8, 4) is 0 Å². The molecule has 40 heavy (non-hydrogen) atoms. The molecule has 0 bridgehead atoms. The molecule has 2 saturated heterocycles. The molecule has 7 rings (SSSR count). The second-order valence-electron chi connectivity index (χ2n) is 11.7. The van der Waals surface area contributed by atoms with E-state index < -0.39 is 15.6 Å². The molecule has 1 saturated carbocycles. The molecule has 1 aliphatic carbocycles. The highest BCUT2D eigenvalue weighted by Gasteiger charge is 2.82. The minimum atomic E-state index is -1.12. The first kappa shape index (κ1) is 25.2. The van der Waals surface area contributed by atoms with E-state index in [1.165, 1.54) is 4.68 Å². The van der Waals surface area contributed by atoms with E-state index in [-0.39, 0.29) is 32.7 Å². The van der Waals surface area contributed by atoms with Crippen molar-refractivity contribution in [2.75, 3.05) is 23.8 Å². The number of fused-ring (bicyclic) bond motifs is 2. The van der Waals surface area contributed by atoms with Crippen LogP contribution in [0, 0.1) is 5.41 Å². The number of benzene rings is 2. The number of rotatable bonds is 6. The molecule has 2 radical (unpaired) electrons. The Morgan fingerprint density at radius 2 is 1.80 bits per heavy atom. The van der Waals surface area contributed by atoms with Crippen molar-refractivity contribution < 1.29 is 19.1 Å². The van der Waals surface area contributed by atoms with E-state index in [2.05, 4.69) is 40.1 Å². The molecular weight excluding hydrogens is 522 g/mol. The molecule has 10 heteroatoms. The van der Waals surface area contributed by atoms with Gasteiger partial charge in [0.2, 0.25) is 11.8 Å². The zero-order valence-corrected chi connectivity index (χ0v) is 23.5. The smallest absolute Gasteiger partial charge is 0.270 e. The Kier molecular flexibility index (Phi) is 5.43. The molecule has 3 aliphatic heterocycles. The zero-order valence-electron chi connectivity index (χ0n) is 22.5. The van der Waals surface area contributed by atoms with Gasteiger partial charge < -0.3 is 20.7 Å². The molecule has 1 aromatic heterocycles. The Balaban J connectivity index is 1.25. The molecule has 9 nitrogen and oxygen atoms in total. The lowest BCUT2D eigenvalue weighted by molar-refractivity contribution is -0.124. The number of carbonyl (C=O) groups is 3. The highest BCUT2D eigenvalue weighted by molar-refractivity contribution is 6.69. The molecule has 3 fully saturated rings. The van der Waals surface area contributed by atoms with Crippen molar-refractivity contribution in [1.82, 2.24) is 15.1 Å². The van der Waals surface area contributed by atoms with Crippen LogP contribution >= 0.6 is 0 Å². The van der Waals surface area contributed by atoms with Gasteiger partial charge in [-0.3, -0.25) is 19.1 Å². The van der Waals surface area contributed by atoms with Gasteiger partial charge in [-0.1, -0.05) is 43.3 Å². The van der Waals surface area contributed by atoms with Gasteiger partial charge in [-0.2, -0.15) is 5.10 Å². The maximum atomic E-state index is 14.4. The van der Waals surface area contributed by atoms with Crippen LogP contribution < -0.4 is 16.0 Å². The summed E-state index contributed by atoms with van der Waals surface area (Å²) in [5.74, 6) is -0.585. The summed E-state index contributed by atoms with van der Waals surface area (Å²) in [6.07, 6.45) is 4.83. The molecule has 0 unspecified atom stereocenters. The topological polar surface area (TPSA) is 114 Å². The fraction of sp³-hybridized carbons (Fsp3) is 0.400. The predicted molar refractivity (Wildman–Crippen MR) is 150 cm³/mol. The number of aryl methyl sites for hydroxylation is 1. The van der Waals surface area contributed by atoms with E-state index >= 15 is 0 Å². The van der Waals surface area contributed by atoms with E-state index in [0.29, 0.717) is 37.4 Å². The first-order valence-electron chi connectivity index (χ1n) is 13.8. The van der Waals surface area contributed by atoms with Crippen molar-refractivity contribution in [3.63, 3.8) is 0 Å². The number of aromatic nitrogens is 2. The number of amides is 3. The minimum absolute atomic E-state index is 0.0115. The summed E-state index contributed by atoms with van der Waals surface area (Å²) < 4.78 is 7.04. The lowest BCUT2D eigenvalue weighted by Crippen LogP contribution is -2.54. The third-order valence-corrected chi connectivity index (χ3v) is 12.0. The number of nitrogens with one attached hydrogen (secondary N) is 3. The van der Waals surface area contributed by atoms with Crippen LogP contribution in [-0.2, 0) is 31.8 Å². The lowest BCUT2D eigenvalue weighted by atomic mass is 9.75. The Hall–Kier alpha value is -3.76. The van der Waals surface area contributed by atoms with Gasteiger partial charge in [0.05, 0.1) is 5.41 Å². The summed E-state index contributed by atoms with van der Waals surface area (Å²) in [4.78, 5) is 41.0. The van der Waals surface area contributed by atoms with E-state index in [1.54, 1.807) is 19.3 Å². The van der Waals surface area contributed by atoms with Crippen molar-refractivity contribution in [1.29, 1.82) is 0 Å². The Bertz CT molecular complexity index is 1540. The zero-order chi connectivity index (χ0) is 27.8. The Morgan fingerprint density at radius 3 is 2.48 bits per heavy atom. The van der Waals surface area contributed by atoms with Crippen molar-refractivity contribution in [2.45, 2.75) is 48.2 Å². The number of hydrogen-bond donors (Lipinski definition) is 3. The number of nitrogens with zero attached hydrogens (tertiary/aromatic N) is 2. The average molecular weight is 554 g/mol. The van der Waals surface area contributed by atoms with Crippen LogP contribution in [0.4, 0.5) is 11.4 Å². The number of hydrogen-bond acceptors (Lipinski definition) is 5. The fourth-order valence-electron chi connectivity index (χ4n) is 6.93. The van der Waals surface area contributed by atoms with Gasteiger partial charge in [0.25, 0.3) is 5.91 Å². The molecule has 4 heterocycles. The summed E-state index contributed by atoms with van der Waals surface area (Å²) >= 11 is 0. The minimum Gasteiger partial charge on any atom is -0.381 e. The first-order chi connectivity index (χ1) is 19.2. The molecule has 4 aliphatic rings. The lowest BCUT2D eigenvalue weighted by Gasteiger charge is -2.33. The maximum absolute atomic E-state index is 14.4. The van der Waals surface area contributed by atoms with Crippen LogP contribution in [0.1, 0.15) is 54.2 Å². The molecule has 1 spiro atoms. The molecule has 204 valence electrons.